The Morgan fingerprint density at radius 2 is 2.25 bits per heavy atom. The molecule has 1 aliphatic rings. The normalized spacial score (nSPS) is 21.8. The van der Waals surface area contributed by atoms with Crippen LogP contribution in [0.15, 0.2) is 6.07 Å². The van der Waals surface area contributed by atoms with Gasteiger partial charge in [0.15, 0.2) is 0 Å². The first-order valence-corrected chi connectivity index (χ1v) is 8.59. The van der Waals surface area contributed by atoms with E-state index in [0.29, 0.717) is 18.6 Å². The van der Waals surface area contributed by atoms with Gasteiger partial charge >= 0.3 is 0 Å². The van der Waals surface area contributed by atoms with Crippen LogP contribution in [0, 0.1) is 13.8 Å². The van der Waals surface area contributed by atoms with Crippen molar-refractivity contribution in [2.45, 2.75) is 45.7 Å². The maximum atomic E-state index is 6.07. The minimum Gasteiger partial charge on any atom is -0.329 e. The monoisotopic (exact) mass is 295 g/mol. The first-order valence-electron chi connectivity index (χ1n) is 7.78. The Morgan fingerprint density at radius 1 is 1.50 bits per heavy atom. The number of hydrogen-bond donors (Lipinski definition) is 1. The SMILES string of the molecule is CCN1CCCC1CN(C)C(CN)c1cc(C)sc1C. The summed E-state index contributed by atoms with van der Waals surface area (Å²) in [5, 5.41) is 0. The van der Waals surface area contributed by atoms with Crippen molar-refractivity contribution in [2.24, 2.45) is 5.73 Å². The van der Waals surface area contributed by atoms with Gasteiger partial charge in [0.2, 0.25) is 0 Å². The number of rotatable bonds is 6. The van der Waals surface area contributed by atoms with E-state index < -0.39 is 0 Å². The lowest BCUT2D eigenvalue weighted by Crippen LogP contribution is -2.41. The Hall–Kier alpha value is -0.420. The molecule has 1 fully saturated rings. The molecule has 114 valence electrons. The Morgan fingerprint density at radius 3 is 2.80 bits per heavy atom. The number of hydrogen-bond acceptors (Lipinski definition) is 4. The molecule has 0 saturated carbocycles. The summed E-state index contributed by atoms with van der Waals surface area (Å²) in [5.41, 5.74) is 7.50. The smallest absolute Gasteiger partial charge is 0.0479 e. The van der Waals surface area contributed by atoms with Crippen molar-refractivity contribution in [1.29, 1.82) is 0 Å². The van der Waals surface area contributed by atoms with Crippen LogP contribution in [0.2, 0.25) is 0 Å². The van der Waals surface area contributed by atoms with E-state index in [1.807, 2.05) is 11.3 Å². The van der Waals surface area contributed by atoms with Gasteiger partial charge in [-0.3, -0.25) is 9.80 Å². The zero-order chi connectivity index (χ0) is 14.7. The van der Waals surface area contributed by atoms with Gasteiger partial charge in [0.05, 0.1) is 0 Å². The lowest BCUT2D eigenvalue weighted by molar-refractivity contribution is 0.165. The Kier molecular flexibility index (Phi) is 5.61. The van der Waals surface area contributed by atoms with Crippen LogP contribution in [0.3, 0.4) is 0 Å². The van der Waals surface area contributed by atoms with Crippen molar-refractivity contribution in [2.75, 3.05) is 33.2 Å². The highest BCUT2D eigenvalue weighted by atomic mass is 32.1. The lowest BCUT2D eigenvalue weighted by atomic mass is 10.1. The maximum Gasteiger partial charge on any atom is 0.0479 e. The second-order valence-corrected chi connectivity index (χ2v) is 7.44. The molecule has 0 spiro atoms. The molecule has 0 bridgehead atoms. The summed E-state index contributed by atoms with van der Waals surface area (Å²) in [4.78, 5) is 7.88. The molecule has 1 aromatic rings. The molecule has 2 unspecified atom stereocenters. The molecule has 0 aliphatic carbocycles. The molecule has 1 aliphatic heterocycles. The molecule has 2 N–H and O–H groups in total. The van der Waals surface area contributed by atoms with Crippen molar-refractivity contribution >= 4 is 11.3 Å². The number of nitrogens with two attached hydrogens (primary N) is 1. The van der Waals surface area contributed by atoms with E-state index in [0.717, 1.165) is 6.54 Å². The molecular weight excluding hydrogens is 266 g/mol. The van der Waals surface area contributed by atoms with Gasteiger partial charge in [-0.05, 0) is 58.5 Å². The zero-order valence-electron chi connectivity index (χ0n) is 13.4. The van der Waals surface area contributed by atoms with Crippen molar-refractivity contribution in [3.8, 4) is 0 Å². The second kappa shape index (κ2) is 7.03. The summed E-state index contributed by atoms with van der Waals surface area (Å²) in [6.45, 7) is 10.9. The van der Waals surface area contributed by atoms with E-state index in [1.165, 1.54) is 41.2 Å². The molecule has 20 heavy (non-hydrogen) atoms. The van der Waals surface area contributed by atoms with Crippen LogP contribution in [0.1, 0.15) is 41.1 Å². The van der Waals surface area contributed by atoms with Crippen LogP contribution >= 0.6 is 11.3 Å². The van der Waals surface area contributed by atoms with E-state index in [4.69, 9.17) is 5.73 Å². The van der Waals surface area contributed by atoms with Crippen molar-refractivity contribution in [3.05, 3.63) is 21.4 Å². The molecular formula is C16H29N3S. The second-order valence-electron chi connectivity index (χ2n) is 5.98. The number of thiophene rings is 1. The van der Waals surface area contributed by atoms with E-state index in [-0.39, 0.29) is 0 Å². The highest BCUT2D eigenvalue weighted by Gasteiger charge is 2.27. The Labute approximate surface area is 127 Å². The fraction of sp³-hybridized carbons (Fsp3) is 0.750. The van der Waals surface area contributed by atoms with Gasteiger partial charge in [-0.15, -0.1) is 11.3 Å². The van der Waals surface area contributed by atoms with Crippen LogP contribution < -0.4 is 5.73 Å². The third kappa shape index (κ3) is 3.42. The number of aryl methyl sites for hydroxylation is 2. The summed E-state index contributed by atoms with van der Waals surface area (Å²) < 4.78 is 0. The van der Waals surface area contributed by atoms with Crippen molar-refractivity contribution in [3.63, 3.8) is 0 Å². The van der Waals surface area contributed by atoms with E-state index in [2.05, 4.69) is 43.7 Å². The molecule has 4 heteroatoms. The van der Waals surface area contributed by atoms with Crippen LogP contribution in [-0.4, -0.2) is 49.1 Å². The molecule has 2 rings (SSSR count). The van der Waals surface area contributed by atoms with Crippen LogP contribution in [0.4, 0.5) is 0 Å². The summed E-state index contributed by atoms with van der Waals surface area (Å²) in [6.07, 6.45) is 2.67. The Bertz CT molecular complexity index is 429. The minimum atomic E-state index is 0.360. The van der Waals surface area contributed by atoms with Crippen LogP contribution in [-0.2, 0) is 0 Å². The van der Waals surface area contributed by atoms with Gasteiger partial charge in [0.25, 0.3) is 0 Å². The third-order valence-corrected chi connectivity index (χ3v) is 5.58. The predicted octanol–water partition coefficient (Wildman–Crippen LogP) is 2.78. The standard InChI is InChI=1S/C16H29N3S/c1-5-19-8-6-7-14(19)11-18(4)16(10-17)15-9-12(2)20-13(15)3/h9,14,16H,5-8,10-11,17H2,1-4H3. The van der Waals surface area contributed by atoms with Gasteiger partial charge in [-0.1, -0.05) is 6.92 Å². The first-order chi connectivity index (χ1) is 9.56. The largest absolute Gasteiger partial charge is 0.329 e. The minimum absolute atomic E-state index is 0.360. The van der Waals surface area contributed by atoms with Gasteiger partial charge in [-0.2, -0.15) is 0 Å². The fourth-order valence-electron chi connectivity index (χ4n) is 3.50. The fourth-order valence-corrected chi connectivity index (χ4v) is 4.49. The highest BCUT2D eigenvalue weighted by Crippen LogP contribution is 2.30. The van der Waals surface area contributed by atoms with E-state index in [1.54, 1.807) is 0 Å². The molecule has 0 aromatic carbocycles. The topological polar surface area (TPSA) is 32.5 Å². The number of likely N-dealkylation sites (N-methyl/N-ethyl adjacent to an activating group) is 2. The average molecular weight is 295 g/mol. The number of nitrogens with zero attached hydrogens (tertiary/aromatic N) is 2. The average Bonchev–Trinajstić information content (AvgIpc) is 2.97. The molecule has 3 nitrogen and oxygen atoms in total. The molecule has 1 saturated heterocycles. The third-order valence-electron chi connectivity index (χ3n) is 4.60. The maximum absolute atomic E-state index is 6.07. The highest BCUT2D eigenvalue weighted by molar-refractivity contribution is 7.12. The molecule has 2 heterocycles. The lowest BCUT2D eigenvalue weighted by Gasteiger charge is -2.32. The predicted molar refractivity (Wildman–Crippen MR) is 88.5 cm³/mol. The van der Waals surface area contributed by atoms with Crippen LogP contribution in [0.5, 0.6) is 0 Å². The quantitative estimate of drug-likeness (QED) is 0.876. The van der Waals surface area contributed by atoms with Gasteiger partial charge in [0, 0.05) is 34.9 Å². The first kappa shape index (κ1) is 16.0. The Balaban J connectivity index is 2.05. The van der Waals surface area contributed by atoms with Gasteiger partial charge < -0.3 is 5.73 Å². The van der Waals surface area contributed by atoms with Crippen molar-refractivity contribution in [1.82, 2.24) is 9.80 Å². The summed E-state index contributed by atoms with van der Waals surface area (Å²) >= 11 is 1.89. The number of likely N-dealkylation sites (tertiary alicyclic amines) is 1. The zero-order valence-corrected chi connectivity index (χ0v) is 14.2. The van der Waals surface area contributed by atoms with Crippen molar-refractivity contribution < 1.29 is 0 Å². The molecule has 2 atom stereocenters. The molecule has 0 radical (unpaired) electrons. The van der Waals surface area contributed by atoms with Gasteiger partial charge in [0.1, 0.15) is 0 Å². The molecule has 0 amide bonds. The molecule has 1 aromatic heterocycles. The van der Waals surface area contributed by atoms with Crippen LogP contribution in [0.25, 0.3) is 0 Å². The van der Waals surface area contributed by atoms with Gasteiger partial charge in [-0.25, -0.2) is 0 Å². The summed E-state index contributed by atoms with van der Waals surface area (Å²) in [6, 6.07) is 3.39. The summed E-state index contributed by atoms with van der Waals surface area (Å²) in [5.74, 6) is 0. The van der Waals surface area contributed by atoms with E-state index in [9.17, 15) is 0 Å². The van der Waals surface area contributed by atoms with E-state index >= 15 is 0 Å². The summed E-state index contributed by atoms with van der Waals surface area (Å²) in [7, 11) is 2.23.